The molecule has 0 aromatic rings. The van der Waals surface area contributed by atoms with Gasteiger partial charge >= 0.3 is 0 Å². The summed E-state index contributed by atoms with van der Waals surface area (Å²) in [6.45, 7) is 11.5. The topological polar surface area (TPSA) is 23.6 Å². The zero-order valence-electron chi connectivity index (χ0n) is 8.99. The van der Waals surface area contributed by atoms with Gasteiger partial charge in [-0.2, -0.15) is 0 Å². The maximum atomic E-state index is 11.6. The molecule has 13 heavy (non-hydrogen) atoms. The van der Waals surface area contributed by atoms with Crippen molar-refractivity contribution in [1.29, 1.82) is 0 Å². The van der Waals surface area contributed by atoms with Crippen LogP contribution in [0, 0.1) is 0 Å². The van der Waals surface area contributed by atoms with E-state index in [0.29, 0.717) is 0 Å². The molecule has 1 aliphatic rings. The molecule has 0 amide bonds. The van der Waals surface area contributed by atoms with Crippen LogP contribution in [0.4, 0.5) is 0 Å². The van der Waals surface area contributed by atoms with Crippen LogP contribution in [0.1, 0.15) is 6.92 Å². The number of hydrogen-bond donors (Lipinski definition) is 0. The van der Waals surface area contributed by atoms with Crippen molar-refractivity contribution in [3.05, 3.63) is 0 Å². The highest BCUT2D eigenvalue weighted by atomic mass is 31.2. The van der Waals surface area contributed by atoms with Gasteiger partial charge in [-0.1, -0.05) is 6.92 Å². The molecule has 0 spiro atoms. The number of nitrogens with zero attached hydrogens (tertiary/aromatic N) is 2. The quantitative estimate of drug-likeness (QED) is 0.645. The monoisotopic (exact) mass is 204 g/mol. The summed E-state index contributed by atoms with van der Waals surface area (Å²) < 4.78 is 11.6. The van der Waals surface area contributed by atoms with E-state index in [-0.39, 0.29) is 0 Å². The van der Waals surface area contributed by atoms with E-state index >= 15 is 0 Å². The smallest absolute Gasteiger partial charge is 0.0951 e. The Morgan fingerprint density at radius 2 is 1.54 bits per heavy atom. The molecule has 1 aliphatic heterocycles. The van der Waals surface area contributed by atoms with Crippen LogP contribution >= 0.6 is 7.14 Å². The van der Waals surface area contributed by atoms with Gasteiger partial charge in [-0.25, -0.2) is 0 Å². The van der Waals surface area contributed by atoms with E-state index in [4.69, 9.17) is 0 Å². The predicted molar refractivity (Wildman–Crippen MR) is 58.0 cm³/mol. The maximum absolute atomic E-state index is 11.6. The number of likely N-dealkylation sites (N-methyl/N-ethyl adjacent to an activating group) is 1. The maximum Gasteiger partial charge on any atom is 0.0951 e. The number of piperazine rings is 1. The summed E-state index contributed by atoms with van der Waals surface area (Å²) in [5.74, 6) is 0. The lowest BCUT2D eigenvalue weighted by Gasteiger charge is -2.34. The molecule has 1 heterocycles. The van der Waals surface area contributed by atoms with Gasteiger partial charge in [0.05, 0.1) is 13.4 Å². The van der Waals surface area contributed by atoms with E-state index in [1.807, 2.05) is 13.3 Å². The first kappa shape index (κ1) is 11.2. The molecule has 1 rings (SSSR count). The molecule has 0 saturated carbocycles. The highest BCUT2D eigenvalue weighted by molar-refractivity contribution is 7.62. The standard InChI is InChI=1S/C9H21N2OP/c1-4-10-5-7-11(8-6-10)9-13(2,3)12/h4-9H2,1-3H3. The van der Waals surface area contributed by atoms with Crippen molar-refractivity contribution in [3.63, 3.8) is 0 Å². The lowest BCUT2D eigenvalue weighted by molar-refractivity contribution is 0.153. The number of hydrogen-bond acceptors (Lipinski definition) is 3. The molecule has 1 fully saturated rings. The third-order valence-corrected chi connectivity index (χ3v) is 3.53. The Labute approximate surface area is 81.5 Å². The Morgan fingerprint density at radius 1 is 1.08 bits per heavy atom. The fourth-order valence-electron chi connectivity index (χ4n) is 1.73. The minimum absolute atomic E-state index is 0.796. The van der Waals surface area contributed by atoms with Crippen molar-refractivity contribution >= 4 is 7.14 Å². The number of rotatable bonds is 3. The lowest BCUT2D eigenvalue weighted by Crippen LogP contribution is -2.46. The molecule has 78 valence electrons. The molecular formula is C9H21N2OP. The average Bonchev–Trinajstić information content (AvgIpc) is 2.03. The Balaban J connectivity index is 2.29. The Hall–Kier alpha value is 0.150. The van der Waals surface area contributed by atoms with Crippen LogP contribution in [0.3, 0.4) is 0 Å². The van der Waals surface area contributed by atoms with Gasteiger partial charge in [0, 0.05) is 26.2 Å². The minimum atomic E-state index is -1.85. The molecule has 0 aromatic heterocycles. The van der Waals surface area contributed by atoms with E-state index in [0.717, 1.165) is 39.0 Å². The van der Waals surface area contributed by atoms with Crippen LogP contribution in [-0.2, 0) is 4.57 Å². The fraction of sp³-hybridized carbons (Fsp3) is 1.00. The van der Waals surface area contributed by atoms with E-state index in [1.165, 1.54) is 0 Å². The Morgan fingerprint density at radius 3 is 1.92 bits per heavy atom. The van der Waals surface area contributed by atoms with Crippen molar-refractivity contribution in [2.24, 2.45) is 0 Å². The summed E-state index contributed by atoms with van der Waals surface area (Å²) in [6.07, 6.45) is 0.796. The normalized spacial score (nSPS) is 22.1. The second-order valence-electron chi connectivity index (χ2n) is 4.27. The summed E-state index contributed by atoms with van der Waals surface area (Å²) >= 11 is 0. The van der Waals surface area contributed by atoms with Crippen LogP contribution in [0.5, 0.6) is 0 Å². The van der Waals surface area contributed by atoms with E-state index < -0.39 is 7.14 Å². The van der Waals surface area contributed by atoms with E-state index in [1.54, 1.807) is 0 Å². The van der Waals surface area contributed by atoms with Gasteiger partial charge in [0.15, 0.2) is 0 Å². The highest BCUT2D eigenvalue weighted by Gasteiger charge is 2.19. The van der Waals surface area contributed by atoms with Crippen LogP contribution in [-0.4, -0.2) is 62.1 Å². The van der Waals surface area contributed by atoms with Gasteiger partial charge in [-0.05, 0) is 19.9 Å². The van der Waals surface area contributed by atoms with Gasteiger partial charge < -0.3 is 9.46 Å². The average molecular weight is 204 g/mol. The van der Waals surface area contributed by atoms with Crippen LogP contribution in [0.2, 0.25) is 0 Å². The first-order valence-electron chi connectivity index (χ1n) is 5.00. The van der Waals surface area contributed by atoms with Crippen LogP contribution in [0.25, 0.3) is 0 Å². The summed E-state index contributed by atoms with van der Waals surface area (Å²) in [6, 6.07) is 0. The largest absolute Gasteiger partial charge is 0.323 e. The molecule has 4 heteroatoms. The van der Waals surface area contributed by atoms with Crippen molar-refractivity contribution in [2.45, 2.75) is 6.92 Å². The van der Waals surface area contributed by atoms with Gasteiger partial charge in [0.1, 0.15) is 0 Å². The van der Waals surface area contributed by atoms with E-state index in [9.17, 15) is 4.57 Å². The van der Waals surface area contributed by atoms with Gasteiger partial charge in [0.2, 0.25) is 0 Å². The lowest BCUT2D eigenvalue weighted by atomic mass is 10.3. The third-order valence-electron chi connectivity index (χ3n) is 2.45. The molecule has 0 aromatic carbocycles. The summed E-state index contributed by atoms with van der Waals surface area (Å²) in [4.78, 5) is 4.76. The van der Waals surface area contributed by atoms with Crippen molar-refractivity contribution in [1.82, 2.24) is 9.80 Å². The van der Waals surface area contributed by atoms with E-state index in [2.05, 4.69) is 16.7 Å². The molecule has 0 bridgehead atoms. The van der Waals surface area contributed by atoms with Crippen molar-refractivity contribution < 1.29 is 4.57 Å². The summed E-state index contributed by atoms with van der Waals surface area (Å²) in [5.41, 5.74) is 0. The molecule has 0 N–H and O–H groups in total. The first-order chi connectivity index (χ1) is 6.01. The molecule has 0 aliphatic carbocycles. The SMILES string of the molecule is CCN1CCN(CP(C)(C)=O)CC1. The van der Waals surface area contributed by atoms with Crippen LogP contribution < -0.4 is 0 Å². The summed E-state index contributed by atoms with van der Waals surface area (Å²) in [7, 11) is -1.85. The Kier molecular flexibility index (Phi) is 3.96. The zero-order chi connectivity index (χ0) is 9.90. The Bertz CT molecular complexity index is 194. The van der Waals surface area contributed by atoms with Gasteiger partial charge in [-0.15, -0.1) is 0 Å². The summed E-state index contributed by atoms with van der Waals surface area (Å²) in [5, 5.41) is 0. The van der Waals surface area contributed by atoms with Gasteiger partial charge in [-0.3, -0.25) is 4.90 Å². The molecule has 0 radical (unpaired) electrons. The third kappa shape index (κ3) is 4.26. The van der Waals surface area contributed by atoms with Crippen molar-refractivity contribution in [3.8, 4) is 0 Å². The molecule has 0 atom stereocenters. The molecule has 0 unspecified atom stereocenters. The molecular weight excluding hydrogens is 183 g/mol. The highest BCUT2D eigenvalue weighted by Crippen LogP contribution is 2.36. The minimum Gasteiger partial charge on any atom is -0.323 e. The van der Waals surface area contributed by atoms with Gasteiger partial charge in [0.25, 0.3) is 0 Å². The second kappa shape index (κ2) is 4.59. The van der Waals surface area contributed by atoms with Crippen LogP contribution in [0.15, 0.2) is 0 Å². The predicted octanol–water partition coefficient (Wildman–Crippen LogP) is 1.20. The fourth-order valence-corrected chi connectivity index (χ4v) is 2.97. The van der Waals surface area contributed by atoms with Crippen molar-refractivity contribution in [2.75, 3.05) is 52.3 Å². The first-order valence-corrected chi connectivity index (χ1v) is 7.78. The molecule has 3 nitrogen and oxygen atoms in total. The zero-order valence-corrected chi connectivity index (χ0v) is 9.89. The molecule has 1 saturated heterocycles. The second-order valence-corrected chi connectivity index (χ2v) is 7.70.